The van der Waals surface area contributed by atoms with Crippen molar-refractivity contribution in [3.05, 3.63) is 24.1 Å². The number of aromatic nitrogens is 2. The predicted molar refractivity (Wildman–Crippen MR) is 62.4 cm³/mol. The summed E-state index contributed by atoms with van der Waals surface area (Å²) in [5, 5.41) is 7.69. The van der Waals surface area contributed by atoms with Gasteiger partial charge in [-0.2, -0.15) is 0 Å². The van der Waals surface area contributed by atoms with Crippen LogP contribution in [0.25, 0.3) is 11.5 Å². The second-order valence-corrected chi connectivity index (χ2v) is 3.50. The van der Waals surface area contributed by atoms with E-state index in [4.69, 9.17) is 25.5 Å². The SMILES string of the molecule is COc1cc(OC)cc(-c2nnc(CCl)o2)c1. The van der Waals surface area contributed by atoms with Gasteiger partial charge in [-0.25, -0.2) is 0 Å². The summed E-state index contributed by atoms with van der Waals surface area (Å²) in [6.07, 6.45) is 0. The zero-order chi connectivity index (χ0) is 12.3. The molecule has 0 aliphatic heterocycles. The standard InChI is InChI=1S/C11H11ClN2O3/c1-15-8-3-7(4-9(5-8)16-2)11-14-13-10(6-12)17-11/h3-5H,6H2,1-2H3. The van der Waals surface area contributed by atoms with E-state index in [-0.39, 0.29) is 5.88 Å². The fourth-order valence-electron chi connectivity index (χ4n) is 1.36. The lowest BCUT2D eigenvalue weighted by Gasteiger charge is -2.05. The fraction of sp³-hybridized carbons (Fsp3) is 0.273. The van der Waals surface area contributed by atoms with Crippen LogP contribution in [0, 0.1) is 0 Å². The molecule has 0 saturated heterocycles. The van der Waals surface area contributed by atoms with Crippen molar-refractivity contribution in [1.29, 1.82) is 0 Å². The lowest BCUT2D eigenvalue weighted by Crippen LogP contribution is -1.88. The minimum Gasteiger partial charge on any atom is -0.497 e. The van der Waals surface area contributed by atoms with Gasteiger partial charge in [-0.1, -0.05) is 0 Å². The molecule has 2 rings (SSSR count). The predicted octanol–water partition coefficient (Wildman–Crippen LogP) is 2.49. The van der Waals surface area contributed by atoms with E-state index < -0.39 is 0 Å². The van der Waals surface area contributed by atoms with Crippen LogP contribution in [0.4, 0.5) is 0 Å². The van der Waals surface area contributed by atoms with E-state index in [1.165, 1.54) is 0 Å². The summed E-state index contributed by atoms with van der Waals surface area (Å²) in [6.45, 7) is 0. The average molecular weight is 255 g/mol. The molecular formula is C11H11ClN2O3. The summed E-state index contributed by atoms with van der Waals surface area (Å²) in [6, 6.07) is 5.34. The topological polar surface area (TPSA) is 57.4 Å². The number of nitrogens with zero attached hydrogens (tertiary/aromatic N) is 2. The summed E-state index contributed by atoms with van der Waals surface area (Å²) < 4.78 is 15.7. The molecule has 0 aliphatic rings. The Balaban J connectivity index is 2.43. The van der Waals surface area contributed by atoms with E-state index in [0.29, 0.717) is 23.3 Å². The first-order chi connectivity index (χ1) is 8.26. The smallest absolute Gasteiger partial charge is 0.248 e. The van der Waals surface area contributed by atoms with Crippen LogP contribution in [0.1, 0.15) is 5.89 Å². The largest absolute Gasteiger partial charge is 0.497 e. The second-order valence-electron chi connectivity index (χ2n) is 3.24. The monoisotopic (exact) mass is 254 g/mol. The highest BCUT2D eigenvalue weighted by atomic mass is 35.5. The first kappa shape index (κ1) is 11.7. The van der Waals surface area contributed by atoms with Gasteiger partial charge in [0, 0.05) is 11.6 Å². The van der Waals surface area contributed by atoms with Gasteiger partial charge in [-0.15, -0.1) is 21.8 Å². The van der Waals surface area contributed by atoms with Crippen molar-refractivity contribution < 1.29 is 13.9 Å². The Kier molecular flexibility index (Phi) is 3.49. The van der Waals surface area contributed by atoms with E-state index in [9.17, 15) is 0 Å². The minimum atomic E-state index is 0.189. The van der Waals surface area contributed by atoms with Crippen LogP contribution in [-0.4, -0.2) is 24.4 Å². The molecule has 0 radical (unpaired) electrons. The van der Waals surface area contributed by atoms with Crippen LogP contribution < -0.4 is 9.47 Å². The fourth-order valence-corrected chi connectivity index (χ4v) is 1.46. The summed E-state index contributed by atoms with van der Waals surface area (Å²) >= 11 is 5.60. The Bertz CT molecular complexity index is 491. The number of alkyl halides is 1. The first-order valence-corrected chi connectivity index (χ1v) is 5.42. The molecule has 0 bridgehead atoms. The molecule has 90 valence electrons. The van der Waals surface area contributed by atoms with E-state index >= 15 is 0 Å². The maximum absolute atomic E-state index is 5.60. The number of rotatable bonds is 4. The Morgan fingerprint density at radius 3 is 2.24 bits per heavy atom. The Morgan fingerprint density at radius 2 is 1.76 bits per heavy atom. The quantitative estimate of drug-likeness (QED) is 0.785. The van der Waals surface area contributed by atoms with Crippen LogP contribution in [0.2, 0.25) is 0 Å². The second kappa shape index (κ2) is 5.05. The number of benzene rings is 1. The number of ether oxygens (including phenoxy) is 2. The molecule has 2 aromatic rings. The molecule has 0 aliphatic carbocycles. The number of hydrogen-bond donors (Lipinski definition) is 0. The lowest BCUT2D eigenvalue weighted by atomic mass is 10.2. The average Bonchev–Trinajstić information content (AvgIpc) is 2.86. The third-order valence-corrected chi connectivity index (χ3v) is 2.41. The summed E-state index contributed by atoms with van der Waals surface area (Å²) in [4.78, 5) is 0. The third kappa shape index (κ3) is 2.50. The van der Waals surface area contributed by atoms with Gasteiger partial charge in [0.25, 0.3) is 0 Å². The van der Waals surface area contributed by atoms with E-state index in [0.717, 1.165) is 5.56 Å². The van der Waals surface area contributed by atoms with Gasteiger partial charge in [0.05, 0.1) is 14.2 Å². The van der Waals surface area contributed by atoms with Crippen molar-refractivity contribution in [1.82, 2.24) is 10.2 Å². The van der Waals surface area contributed by atoms with Gasteiger partial charge in [0.1, 0.15) is 17.4 Å². The first-order valence-electron chi connectivity index (χ1n) is 4.88. The minimum absolute atomic E-state index is 0.189. The zero-order valence-corrected chi connectivity index (χ0v) is 10.2. The molecular weight excluding hydrogens is 244 g/mol. The van der Waals surface area contributed by atoms with Crippen molar-refractivity contribution in [2.45, 2.75) is 5.88 Å². The zero-order valence-electron chi connectivity index (χ0n) is 9.44. The molecule has 0 N–H and O–H groups in total. The van der Waals surface area contributed by atoms with E-state index in [1.54, 1.807) is 32.4 Å². The maximum atomic E-state index is 5.60. The molecule has 1 heterocycles. The molecule has 0 saturated carbocycles. The number of hydrogen-bond acceptors (Lipinski definition) is 5. The van der Waals surface area contributed by atoms with Crippen molar-refractivity contribution in [2.24, 2.45) is 0 Å². The van der Waals surface area contributed by atoms with Crippen molar-refractivity contribution >= 4 is 11.6 Å². The van der Waals surface area contributed by atoms with Crippen molar-refractivity contribution in [3.8, 4) is 23.0 Å². The van der Waals surface area contributed by atoms with Crippen LogP contribution >= 0.6 is 11.6 Å². The molecule has 0 fully saturated rings. The highest BCUT2D eigenvalue weighted by molar-refractivity contribution is 6.16. The summed E-state index contributed by atoms with van der Waals surface area (Å²) in [7, 11) is 3.16. The summed E-state index contributed by atoms with van der Waals surface area (Å²) in [5.41, 5.74) is 0.727. The van der Waals surface area contributed by atoms with E-state index in [1.807, 2.05) is 0 Å². The van der Waals surface area contributed by atoms with Crippen LogP contribution in [0.5, 0.6) is 11.5 Å². The van der Waals surface area contributed by atoms with Crippen molar-refractivity contribution in [3.63, 3.8) is 0 Å². The van der Waals surface area contributed by atoms with Crippen LogP contribution in [0.15, 0.2) is 22.6 Å². The van der Waals surface area contributed by atoms with Crippen molar-refractivity contribution in [2.75, 3.05) is 14.2 Å². The third-order valence-electron chi connectivity index (χ3n) is 2.18. The molecule has 5 nitrogen and oxygen atoms in total. The Hall–Kier alpha value is -1.75. The molecule has 0 unspecified atom stereocenters. The highest BCUT2D eigenvalue weighted by Gasteiger charge is 2.10. The Morgan fingerprint density at radius 1 is 1.12 bits per heavy atom. The number of halogens is 1. The van der Waals surface area contributed by atoms with E-state index in [2.05, 4.69) is 10.2 Å². The van der Waals surface area contributed by atoms with Gasteiger partial charge in [-0.05, 0) is 12.1 Å². The van der Waals surface area contributed by atoms with Gasteiger partial charge < -0.3 is 13.9 Å². The highest BCUT2D eigenvalue weighted by Crippen LogP contribution is 2.29. The molecule has 17 heavy (non-hydrogen) atoms. The maximum Gasteiger partial charge on any atom is 0.248 e. The summed E-state index contributed by atoms with van der Waals surface area (Å²) in [5.74, 6) is 2.27. The Labute approximate surface area is 103 Å². The number of methoxy groups -OCH3 is 2. The molecule has 1 aromatic heterocycles. The van der Waals surface area contributed by atoms with Gasteiger partial charge in [0.2, 0.25) is 11.8 Å². The van der Waals surface area contributed by atoms with Crippen LogP contribution in [0.3, 0.4) is 0 Å². The molecule has 0 atom stereocenters. The molecule has 1 aromatic carbocycles. The van der Waals surface area contributed by atoms with Crippen LogP contribution in [-0.2, 0) is 5.88 Å². The van der Waals surface area contributed by atoms with Gasteiger partial charge >= 0.3 is 0 Å². The lowest BCUT2D eigenvalue weighted by molar-refractivity contribution is 0.394. The van der Waals surface area contributed by atoms with Gasteiger partial charge in [0.15, 0.2) is 0 Å². The molecule has 0 spiro atoms. The normalized spacial score (nSPS) is 10.3. The molecule has 6 heteroatoms. The molecule has 0 amide bonds. The van der Waals surface area contributed by atoms with Gasteiger partial charge in [-0.3, -0.25) is 0 Å².